The Hall–Kier alpha value is -0.610. The predicted molar refractivity (Wildman–Crippen MR) is 83.1 cm³/mol. The Morgan fingerprint density at radius 2 is 1.81 bits per heavy atom. The van der Waals surface area contributed by atoms with Crippen molar-refractivity contribution in [3.8, 4) is 0 Å². The number of piperazine rings is 1. The monoisotopic (exact) mass is 291 g/mol. The van der Waals surface area contributed by atoms with Crippen LogP contribution in [0.2, 0.25) is 0 Å². The van der Waals surface area contributed by atoms with E-state index < -0.39 is 0 Å². The van der Waals surface area contributed by atoms with E-state index in [2.05, 4.69) is 15.1 Å². The maximum atomic E-state index is 12.7. The highest BCUT2D eigenvalue weighted by molar-refractivity contribution is 5.76. The van der Waals surface area contributed by atoms with E-state index in [1.807, 2.05) is 0 Å². The molecule has 1 N–H and O–H groups in total. The van der Waals surface area contributed by atoms with Gasteiger partial charge in [-0.15, -0.1) is 0 Å². The zero-order valence-corrected chi connectivity index (χ0v) is 13.1. The third kappa shape index (κ3) is 2.98. The standard InChI is InChI=1S/C17H29N3O/c21-17(11-13-9-14-4-5-15(10-13)18-14)20-8-7-19-6-2-1-3-16(19)12-20/h13-16,18H,1-12H2. The van der Waals surface area contributed by atoms with Crippen LogP contribution in [0.5, 0.6) is 0 Å². The highest BCUT2D eigenvalue weighted by atomic mass is 16.2. The van der Waals surface area contributed by atoms with Gasteiger partial charge >= 0.3 is 0 Å². The first-order valence-corrected chi connectivity index (χ1v) is 9.06. The molecule has 0 saturated carbocycles. The van der Waals surface area contributed by atoms with Gasteiger partial charge in [-0.3, -0.25) is 9.69 Å². The normalized spacial score (nSPS) is 40.1. The molecule has 0 aromatic rings. The van der Waals surface area contributed by atoms with Crippen molar-refractivity contribution in [2.75, 3.05) is 26.2 Å². The molecular formula is C17H29N3O. The van der Waals surface area contributed by atoms with Crippen LogP contribution in [-0.4, -0.2) is 60.0 Å². The molecule has 0 aromatic carbocycles. The van der Waals surface area contributed by atoms with Crippen LogP contribution in [0, 0.1) is 5.92 Å². The molecule has 0 radical (unpaired) electrons. The van der Waals surface area contributed by atoms with E-state index in [-0.39, 0.29) is 0 Å². The molecule has 1 amide bonds. The van der Waals surface area contributed by atoms with Gasteiger partial charge in [-0.2, -0.15) is 0 Å². The lowest BCUT2D eigenvalue weighted by atomic mass is 9.89. The molecule has 4 aliphatic heterocycles. The zero-order chi connectivity index (χ0) is 14.2. The lowest BCUT2D eigenvalue weighted by Gasteiger charge is -2.44. The van der Waals surface area contributed by atoms with Crippen molar-refractivity contribution >= 4 is 5.91 Å². The van der Waals surface area contributed by atoms with Crippen molar-refractivity contribution in [3.63, 3.8) is 0 Å². The molecule has 4 heterocycles. The third-order valence-corrected chi connectivity index (χ3v) is 6.22. The first-order chi connectivity index (χ1) is 10.3. The van der Waals surface area contributed by atoms with Crippen LogP contribution in [0.4, 0.5) is 0 Å². The fraction of sp³-hybridized carbons (Fsp3) is 0.941. The van der Waals surface area contributed by atoms with Crippen molar-refractivity contribution in [2.24, 2.45) is 5.92 Å². The van der Waals surface area contributed by atoms with Crippen molar-refractivity contribution in [2.45, 2.75) is 69.5 Å². The van der Waals surface area contributed by atoms with Gasteiger partial charge in [0.15, 0.2) is 0 Å². The second-order valence-corrected chi connectivity index (χ2v) is 7.70. The summed E-state index contributed by atoms with van der Waals surface area (Å²) in [7, 11) is 0. The number of hydrogen-bond donors (Lipinski definition) is 1. The van der Waals surface area contributed by atoms with Crippen LogP contribution >= 0.6 is 0 Å². The third-order valence-electron chi connectivity index (χ3n) is 6.22. The number of carbonyl (C=O) groups excluding carboxylic acids is 1. The van der Waals surface area contributed by atoms with E-state index >= 15 is 0 Å². The van der Waals surface area contributed by atoms with E-state index in [0.717, 1.165) is 26.1 Å². The second-order valence-electron chi connectivity index (χ2n) is 7.70. The van der Waals surface area contributed by atoms with Gasteiger partial charge in [0.05, 0.1) is 0 Å². The molecule has 0 aromatic heterocycles. The fourth-order valence-corrected chi connectivity index (χ4v) is 5.10. The van der Waals surface area contributed by atoms with Gasteiger partial charge in [0, 0.05) is 44.2 Å². The molecular weight excluding hydrogens is 262 g/mol. The number of amides is 1. The average Bonchev–Trinajstić information content (AvgIpc) is 2.85. The van der Waals surface area contributed by atoms with Crippen LogP contribution < -0.4 is 5.32 Å². The summed E-state index contributed by atoms with van der Waals surface area (Å²) in [5.74, 6) is 1.08. The van der Waals surface area contributed by atoms with Gasteiger partial charge < -0.3 is 10.2 Å². The number of hydrogen-bond acceptors (Lipinski definition) is 3. The van der Waals surface area contributed by atoms with Crippen molar-refractivity contribution in [3.05, 3.63) is 0 Å². The summed E-state index contributed by atoms with van der Waals surface area (Å²) in [5.41, 5.74) is 0. The number of fused-ring (bicyclic) bond motifs is 3. The van der Waals surface area contributed by atoms with Crippen LogP contribution in [0.15, 0.2) is 0 Å². The van der Waals surface area contributed by atoms with Crippen LogP contribution in [0.1, 0.15) is 51.4 Å². The van der Waals surface area contributed by atoms with E-state index in [4.69, 9.17) is 0 Å². The van der Waals surface area contributed by atoms with Crippen LogP contribution in [-0.2, 0) is 4.79 Å². The molecule has 4 heteroatoms. The number of nitrogens with zero attached hydrogens (tertiary/aromatic N) is 2. The molecule has 3 unspecified atom stereocenters. The Morgan fingerprint density at radius 1 is 1.00 bits per heavy atom. The second kappa shape index (κ2) is 5.88. The summed E-state index contributed by atoms with van der Waals surface area (Å²) in [6.07, 6.45) is 9.91. The quantitative estimate of drug-likeness (QED) is 0.839. The molecule has 4 aliphatic rings. The SMILES string of the molecule is O=C(CC1CC2CCC(C1)N2)N1CCN2CCCCC2C1. The van der Waals surface area contributed by atoms with Crippen molar-refractivity contribution < 1.29 is 4.79 Å². The molecule has 4 nitrogen and oxygen atoms in total. The molecule has 4 fully saturated rings. The summed E-state index contributed by atoms with van der Waals surface area (Å²) in [6.45, 7) is 4.32. The molecule has 2 bridgehead atoms. The smallest absolute Gasteiger partial charge is 0.222 e. The Bertz CT molecular complexity index is 387. The Kier molecular flexibility index (Phi) is 3.92. The first kappa shape index (κ1) is 14.0. The number of piperidine rings is 2. The van der Waals surface area contributed by atoms with Gasteiger partial charge in [-0.05, 0) is 51.0 Å². The van der Waals surface area contributed by atoms with E-state index in [1.54, 1.807) is 0 Å². The van der Waals surface area contributed by atoms with Gasteiger partial charge in [0.1, 0.15) is 0 Å². The molecule has 3 atom stereocenters. The predicted octanol–water partition coefficient (Wildman–Crippen LogP) is 1.60. The first-order valence-electron chi connectivity index (χ1n) is 9.06. The van der Waals surface area contributed by atoms with Gasteiger partial charge in [0.25, 0.3) is 0 Å². The summed E-state index contributed by atoms with van der Waals surface area (Å²) >= 11 is 0. The summed E-state index contributed by atoms with van der Waals surface area (Å²) in [6, 6.07) is 2.06. The minimum absolute atomic E-state index is 0.437. The topological polar surface area (TPSA) is 35.6 Å². The fourth-order valence-electron chi connectivity index (χ4n) is 5.10. The minimum Gasteiger partial charge on any atom is -0.340 e. The Balaban J connectivity index is 1.31. The van der Waals surface area contributed by atoms with Gasteiger partial charge in [0.2, 0.25) is 5.91 Å². The van der Waals surface area contributed by atoms with Crippen LogP contribution in [0.25, 0.3) is 0 Å². The molecule has 0 spiro atoms. The lowest BCUT2D eigenvalue weighted by molar-refractivity contribution is -0.136. The van der Waals surface area contributed by atoms with Gasteiger partial charge in [-0.1, -0.05) is 6.42 Å². The van der Waals surface area contributed by atoms with E-state index in [9.17, 15) is 4.79 Å². The summed E-state index contributed by atoms with van der Waals surface area (Å²) in [5, 5.41) is 3.68. The van der Waals surface area contributed by atoms with Crippen molar-refractivity contribution in [1.29, 1.82) is 0 Å². The summed E-state index contributed by atoms with van der Waals surface area (Å²) < 4.78 is 0. The molecule has 4 rings (SSSR count). The Morgan fingerprint density at radius 3 is 2.62 bits per heavy atom. The molecule has 118 valence electrons. The maximum Gasteiger partial charge on any atom is 0.222 e. The van der Waals surface area contributed by atoms with E-state index in [1.165, 1.54) is 51.5 Å². The highest BCUT2D eigenvalue weighted by Crippen LogP contribution is 2.33. The maximum absolute atomic E-state index is 12.7. The zero-order valence-electron chi connectivity index (χ0n) is 13.1. The number of carbonyl (C=O) groups is 1. The lowest BCUT2D eigenvalue weighted by Crippen LogP contribution is -2.56. The number of rotatable bonds is 2. The summed E-state index contributed by atoms with van der Waals surface area (Å²) in [4.78, 5) is 17.4. The highest BCUT2D eigenvalue weighted by Gasteiger charge is 2.36. The molecule has 21 heavy (non-hydrogen) atoms. The van der Waals surface area contributed by atoms with Crippen molar-refractivity contribution in [1.82, 2.24) is 15.1 Å². The number of nitrogens with one attached hydrogen (secondary N) is 1. The van der Waals surface area contributed by atoms with E-state index in [0.29, 0.717) is 30.0 Å². The van der Waals surface area contributed by atoms with Crippen LogP contribution in [0.3, 0.4) is 0 Å². The Labute approximate surface area is 128 Å². The van der Waals surface area contributed by atoms with Gasteiger partial charge in [-0.25, -0.2) is 0 Å². The minimum atomic E-state index is 0.437. The molecule has 0 aliphatic carbocycles. The average molecular weight is 291 g/mol. The molecule has 4 saturated heterocycles. The largest absolute Gasteiger partial charge is 0.340 e.